The summed E-state index contributed by atoms with van der Waals surface area (Å²) in [6.07, 6.45) is 9.23. The summed E-state index contributed by atoms with van der Waals surface area (Å²) in [6.45, 7) is 5.61. The highest BCUT2D eigenvalue weighted by atomic mass is 32.2. The first kappa shape index (κ1) is 24.8. The molecule has 1 saturated carbocycles. The summed E-state index contributed by atoms with van der Waals surface area (Å²) in [6, 6.07) is 4.91. The molecule has 192 valence electrons. The average Bonchev–Trinajstić information content (AvgIpc) is 3.30. The molecule has 2 aliphatic rings. The number of nitrogens with zero attached hydrogens (tertiary/aromatic N) is 6. The van der Waals surface area contributed by atoms with Crippen molar-refractivity contribution < 1.29 is 17.2 Å². The smallest absolute Gasteiger partial charge is 0.156 e. The van der Waals surface area contributed by atoms with Crippen LogP contribution in [0.25, 0.3) is 16.9 Å². The molecular formula is C25H30F2N6O2S. The predicted molar refractivity (Wildman–Crippen MR) is 134 cm³/mol. The first-order chi connectivity index (χ1) is 17.3. The van der Waals surface area contributed by atoms with E-state index < -0.39 is 32.9 Å². The van der Waals surface area contributed by atoms with E-state index in [1.807, 2.05) is 12.3 Å². The lowest BCUT2D eigenvalue weighted by atomic mass is 9.91. The minimum absolute atomic E-state index is 0.0639. The van der Waals surface area contributed by atoms with Crippen molar-refractivity contribution in [3.05, 3.63) is 54.0 Å². The maximum Gasteiger partial charge on any atom is 0.156 e. The largest absolute Gasteiger partial charge is 0.368 e. The third kappa shape index (κ3) is 5.12. The summed E-state index contributed by atoms with van der Waals surface area (Å²) < 4.78 is 55.3. The molecule has 8 nitrogen and oxygen atoms in total. The van der Waals surface area contributed by atoms with E-state index in [0.29, 0.717) is 17.7 Å². The van der Waals surface area contributed by atoms with Gasteiger partial charge in [-0.2, -0.15) is 0 Å². The van der Waals surface area contributed by atoms with Crippen molar-refractivity contribution in [1.29, 1.82) is 0 Å². The monoisotopic (exact) mass is 516 g/mol. The van der Waals surface area contributed by atoms with E-state index in [1.165, 1.54) is 25.5 Å². The molecule has 0 N–H and O–H groups in total. The topological polar surface area (TPSA) is 84.2 Å². The molecule has 0 amide bonds. The second kappa shape index (κ2) is 10.2. The quantitative estimate of drug-likeness (QED) is 0.452. The fraction of sp³-hybridized carbons (Fsp3) is 0.480. The molecule has 0 spiro atoms. The van der Waals surface area contributed by atoms with Gasteiger partial charge in [0.2, 0.25) is 0 Å². The lowest BCUT2D eigenvalue weighted by Crippen LogP contribution is -2.52. The van der Waals surface area contributed by atoms with Crippen LogP contribution in [0.2, 0.25) is 0 Å². The van der Waals surface area contributed by atoms with Crippen LogP contribution in [-0.2, 0) is 15.6 Å². The first-order valence-corrected chi connectivity index (χ1v) is 14.2. The van der Waals surface area contributed by atoms with Crippen LogP contribution in [-0.4, -0.2) is 71.3 Å². The van der Waals surface area contributed by atoms with Gasteiger partial charge in [-0.05, 0) is 31.4 Å². The number of piperazine rings is 1. The number of hydrogen-bond donors (Lipinski definition) is 0. The fourth-order valence-corrected chi connectivity index (χ4v) is 6.33. The number of anilines is 1. The Kier molecular flexibility index (Phi) is 7.03. The number of sulfone groups is 1. The van der Waals surface area contributed by atoms with Gasteiger partial charge in [-0.3, -0.25) is 9.88 Å². The van der Waals surface area contributed by atoms with Crippen LogP contribution in [0.1, 0.15) is 38.2 Å². The minimum atomic E-state index is -3.50. The van der Waals surface area contributed by atoms with Gasteiger partial charge in [-0.15, -0.1) is 5.10 Å². The Hall–Kier alpha value is -2.92. The molecule has 2 fully saturated rings. The Labute approximate surface area is 209 Å². The molecule has 5 rings (SSSR count). The van der Waals surface area contributed by atoms with Crippen LogP contribution in [0.15, 0.2) is 36.8 Å². The van der Waals surface area contributed by atoms with Crippen molar-refractivity contribution in [1.82, 2.24) is 24.9 Å². The Morgan fingerprint density at radius 3 is 2.56 bits per heavy atom. The predicted octanol–water partition coefficient (Wildman–Crippen LogP) is 3.61. The Bertz CT molecular complexity index is 1330. The summed E-state index contributed by atoms with van der Waals surface area (Å²) in [5, 5.41) is 8.05. The molecule has 1 aromatic carbocycles. The van der Waals surface area contributed by atoms with Crippen molar-refractivity contribution in [2.45, 2.75) is 44.4 Å². The highest BCUT2D eigenvalue weighted by Gasteiger charge is 2.28. The SMILES string of the molecule is CCCS(=O)(=O)Cc1ccc(F)c(-n2cc(-c3cncc(N4CCN(C5CCC5)CC4)c3)nn2)c1F. The minimum Gasteiger partial charge on any atom is -0.368 e. The number of aromatic nitrogens is 4. The molecule has 1 saturated heterocycles. The summed E-state index contributed by atoms with van der Waals surface area (Å²) in [7, 11) is -3.50. The summed E-state index contributed by atoms with van der Waals surface area (Å²) in [4.78, 5) is 9.21. The van der Waals surface area contributed by atoms with Crippen molar-refractivity contribution in [3.8, 4) is 16.9 Å². The Morgan fingerprint density at radius 1 is 1.08 bits per heavy atom. The van der Waals surface area contributed by atoms with Crippen LogP contribution < -0.4 is 4.90 Å². The van der Waals surface area contributed by atoms with Gasteiger partial charge < -0.3 is 4.90 Å². The number of rotatable bonds is 8. The summed E-state index contributed by atoms with van der Waals surface area (Å²) in [5.74, 6) is -2.37. The second-order valence-electron chi connectivity index (χ2n) is 9.55. The zero-order valence-corrected chi connectivity index (χ0v) is 21.1. The molecule has 1 aliphatic carbocycles. The van der Waals surface area contributed by atoms with E-state index in [1.54, 1.807) is 13.1 Å². The zero-order valence-electron chi connectivity index (χ0n) is 20.3. The molecule has 36 heavy (non-hydrogen) atoms. The van der Waals surface area contributed by atoms with Gasteiger partial charge in [-0.1, -0.05) is 24.6 Å². The van der Waals surface area contributed by atoms with E-state index >= 15 is 4.39 Å². The van der Waals surface area contributed by atoms with Gasteiger partial charge in [0, 0.05) is 49.5 Å². The van der Waals surface area contributed by atoms with Crippen molar-refractivity contribution in [2.24, 2.45) is 0 Å². The summed E-state index contributed by atoms with van der Waals surface area (Å²) in [5.41, 5.74) is 1.52. The number of benzene rings is 1. The highest BCUT2D eigenvalue weighted by Crippen LogP contribution is 2.29. The third-order valence-electron chi connectivity index (χ3n) is 7.05. The van der Waals surface area contributed by atoms with E-state index in [9.17, 15) is 12.8 Å². The Morgan fingerprint density at radius 2 is 1.86 bits per heavy atom. The van der Waals surface area contributed by atoms with Crippen LogP contribution >= 0.6 is 0 Å². The van der Waals surface area contributed by atoms with Gasteiger partial charge in [0.1, 0.15) is 11.4 Å². The standard InChI is InChI=1S/C25H30F2N6O2S/c1-2-12-36(34,35)17-18-6-7-22(26)25(24(18)27)33-16-23(29-30-33)19-13-21(15-28-14-19)32-10-8-31(9-11-32)20-4-3-5-20/h6-7,13-16,20H,2-5,8-12,17H2,1H3. The second-order valence-corrected chi connectivity index (χ2v) is 11.7. The zero-order chi connectivity index (χ0) is 25.3. The molecule has 2 aromatic heterocycles. The van der Waals surface area contributed by atoms with E-state index in [2.05, 4.69) is 25.1 Å². The maximum atomic E-state index is 15.2. The summed E-state index contributed by atoms with van der Waals surface area (Å²) >= 11 is 0. The van der Waals surface area contributed by atoms with Crippen LogP contribution in [0.4, 0.5) is 14.5 Å². The molecule has 1 aliphatic heterocycles. The maximum absolute atomic E-state index is 15.2. The third-order valence-corrected chi connectivity index (χ3v) is 8.83. The molecular weight excluding hydrogens is 486 g/mol. The van der Waals surface area contributed by atoms with E-state index in [4.69, 9.17) is 0 Å². The number of pyridine rings is 1. The first-order valence-electron chi connectivity index (χ1n) is 12.4. The molecule has 0 radical (unpaired) electrons. The molecule has 3 heterocycles. The van der Waals surface area contributed by atoms with Crippen LogP contribution in [0.5, 0.6) is 0 Å². The van der Waals surface area contributed by atoms with Crippen LogP contribution in [0, 0.1) is 11.6 Å². The average molecular weight is 517 g/mol. The van der Waals surface area contributed by atoms with Gasteiger partial charge in [-0.25, -0.2) is 21.9 Å². The van der Waals surface area contributed by atoms with Gasteiger partial charge in [0.15, 0.2) is 21.5 Å². The molecule has 0 atom stereocenters. The van der Waals surface area contributed by atoms with E-state index in [-0.39, 0.29) is 11.3 Å². The molecule has 0 bridgehead atoms. The van der Waals surface area contributed by atoms with Crippen molar-refractivity contribution >= 4 is 15.5 Å². The number of hydrogen-bond acceptors (Lipinski definition) is 7. The number of halogens is 2. The van der Waals surface area contributed by atoms with Gasteiger partial charge in [0.25, 0.3) is 0 Å². The lowest BCUT2D eigenvalue weighted by molar-refractivity contribution is 0.120. The van der Waals surface area contributed by atoms with Gasteiger partial charge in [0.05, 0.1) is 29.6 Å². The molecule has 11 heteroatoms. The van der Waals surface area contributed by atoms with E-state index in [0.717, 1.165) is 54.7 Å². The molecule has 0 unspecified atom stereocenters. The lowest BCUT2D eigenvalue weighted by Gasteiger charge is -2.43. The fourth-order valence-electron chi connectivity index (χ4n) is 4.87. The molecule has 3 aromatic rings. The highest BCUT2D eigenvalue weighted by molar-refractivity contribution is 7.90. The Balaban J connectivity index is 1.36. The van der Waals surface area contributed by atoms with Crippen molar-refractivity contribution in [2.75, 3.05) is 36.8 Å². The van der Waals surface area contributed by atoms with Gasteiger partial charge >= 0.3 is 0 Å². The van der Waals surface area contributed by atoms with Crippen molar-refractivity contribution in [3.63, 3.8) is 0 Å². The normalized spacial score (nSPS) is 17.4. The van der Waals surface area contributed by atoms with Crippen LogP contribution in [0.3, 0.4) is 0 Å².